The first-order valence-corrected chi connectivity index (χ1v) is 7.66. The number of anilines is 1. The van der Waals surface area contributed by atoms with Gasteiger partial charge in [-0.25, -0.2) is 4.79 Å². The molecule has 0 atom stereocenters. The van der Waals surface area contributed by atoms with Crippen LogP contribution in [0.25, 0.3) is 0 Å². The Morgan fingerprint density at radius 1 is 1.04 bits per heavy atom. The molecule has 0 heterocycles. The van der Waals surface area contributed by atoms with E-state index >= 15 is 0 Å². The molecule has 2 rings (SSSR count). The number of carbonyl (C=O) groups excluding carboxylic acids is 1. The summed E-state index contributed by atoms with van der Waals surface area (Å²) in [5, 5.41) is 11.5. The Morgan fingerprint density at radius 2 is 1.79 bits per heavy atom. The normalized spacial score (nSPS) is 10.3. The molecule has 126 valence electrons. The molecule has 24 heavy (non-hydrogen) atoms. The lowest BCUT2D eigenvalue weighted by Crippen LogP contribution is -2.16. The molecule has 0 aromatic heterocycles. The summed E-state index contributed by atoms with van der Waals surface area (Å²) in [7, 11) is 0. The number of amides is 1. The van der Waals surface area contributed by atoms with Gasteiger partial charge in [-0.15, -0.1) is 0 Å². The quantitative estimate of drug-likeness (QED) is 0.854. The van der Waals surface area contributed by atoms with E-state index in [4.69, 9.17) is 9.84 Å². The smallest absolute Gasteiger partial charge is 0.341 e. The van der Waals surface area contributed by atoms with Crippen molar-refractivity contribution < 1.29 is 19.4 Å². The minimum Gasteiger partial charge on any atom is -0.482 e. The van der Waals surface area contributed by atoms with Gasteiger partial charge in [-0.2, -0.15) is 0 Å². The molecule has 5 nitrogen and oxygen atoms in total. The summed E-state index contributed by atoms with van der Waals surface area (Å²) >= 11 is 0. The Labute approximate surface area is 141 Å². The standard InChI is InChI=1S/C19H21NO4/c1-12-4-5-13(2)15(8-12)10-18(21)20-17-7-6-16(9-14(17)3)24-11-19(22)23/h4-9H,10-11H2,1-3H3,(H,20,21)(H,22,23). The van der Waals surface area contributed by atoms with E-state index in [0.717, 1.165) is 22.3 Å². The number of carboxylic acids is 1. The van der Waals surface area contributed by atoms with Gasteiger partial charge in [0.25, 0.3) is 0 Å². The van der Waals surface area contributed by atoms with Crippen LogP contribution in [0.2, 0.25) is 0 Å². The van der Waals surface area contributed by atoms with Crippen molar-refractivity contribution in [2.45, 2.75) is 27.2 Å². The molecule has 0 radical (unpaired) electrons. The molecule has 0 bridgehead atoms. The third kappa shape index (κ3) is 4.84. The van der Waals surface area contributed by atoms with Crippen LogP contribution in [0.15, 0.2) is 36.4 Å². The number of carbonyl (C=O) groups is 2. The summed E-state index contributed by atoms with van der Waals surface area (Å²) in [6, 6.07) is 11.1. The van der Waals surface area contributed by atoms with Crippen molar-refractivity contribution in [1.82, 2.24) is 0 Å². The zero-order valence-electron chi connectivity index (χ0n) is 14.1. The van der Waals surface area contributed by atoms with E-state index in [-0.39, 0.29) is 5.91 Å². The lowest BCUT2D eigenvalue weighted by Gasteiger charge is -2.12. The second kappa shape index (κ2) is 7.64. The minimum atomic E-state index is -1.03. The maximum Gasteiger partial charge on any atom is 0.341 e. The molecule has 1 amide bonds. The van der Waals surface area contributed by atoms with E-state index in [2.05, 4.69) is 5.32 Å². The molecule has 0 aliphatic carbocycles. The van der Waals surface area contributed by atoms with E-state index in [1.54, 1.807) is 18.2 Å². The van der Waals surface area contributed by atoms with Crippen LogP contribution < -0.4 is 10.1 Å². The van der Waals surface area contributed by atoms with Crippen LogP contribution in [-0.4, -0.2) is 23.6 Å². The van der Waals surface area contributed by atoms with E-state index in [1.807, 2.05) is 39.0 Å². The van der Waals surface area contributed by atoms with E-state index < -0.39 is 12.6 Å². The topological polar surface area (TPSA) is 75.6 Å². The zero-order chi connectivity index (χ0) is 17.7. The number of rotatable bonds is 6. The van der Waals surface area contributed by atoms with Crippen molar-refractivity contribution in [2.75, 3.05) is 11.9 Å². The van der Waals surface area contributed by atoms with Crippen molar-refractivity contribution in [2.24, 2.45) is 0 Å². The molecule has 0 unspecified atom stereocenters. The first kappa shape index (κ1) is 17.5. The number of nitrogens with one attached hydrogen (secondary N) is 1. The maximum atomic E-state index is 12.3. The highest BCUT2D eigenvalue weighted by atomic mass is 16.5. The van der Waals surface area contributed by atoms with Crippen LogP contribution in [0.4, 0.5) is 5.69 Å². The lowest BCUT2D eigenvalue weighted by atomic mass is 10.0. The van der Waals surface area contributed by atoms with Crippen LogP contribution in [0, 0.1) is 20.8 Å². The number of aliphatic carboxylic acids is 1. The van der Waals surface area contributed by atoms with Gasteiger partial charge in [-0.05, 0) is 55.7 Å². The summed E-state index contributed by atoms with van der Waals surface area (Å²) in [6.07, 6.45) is 0.310. The Hall–Kier alpha value is -2.82. The van der Waals surface area contributed by atoms with Gasteiger partial charge in [0.2, 0.25) is 5.91 Å². The fraction of sp³-hybridized carbons (Fsp3) is 0.263. The molecular formula is C19H21NO4. The number of carboxylic acid groups (broad SMARTS) is 1. The van der Waals surface area contributed by atoms with Crippen molar-refractivity contribution in [3.8, 4) is 5.75 Å². The van der Waals surface area contributed by atoms with E-state index in [1.165, 1.54) is 0 Å². The fourth-order valence-electron chi connectivity index (χ4n) is 2.37. The maximum absolute atomic E-state index is 12.3. The number of benzene rings is 2. The summed E-state index contributed by atoms with van der Waals surface area (Å²) < 4.78 is 5.12. The van der Waals surface area contributed by atoms with Gasteiger partial charge in [0.1, 0.15) is 5.75 Å². The number of ether oxygens (including phenoxy) is 1. The summed E-state index contributed by atoms with van der Waals surface area (Å²) in [4.78, 5) is 22.8. The van der Waals surface area contributed by atoms with Gasteiger partial charge in [-0.3, -0.25) is 4.79 Å². The van der Waals surface area contributed by atoms with Gasteiger partial charge in [-0.1, -0.05) is 23.8 Å². The predicted molar refractivity (Wildman–Crippen MR) is 92.6 cm³/mol. The third-order valence-electron chi connectivity index (χ3n) is 3.69. The van der Waals surface area contributed by atoms with Crippen molar-refractivity contribution in [3.05, 3.63) is 58.7 Å². The Balaban J connectivity index is 2.03. The van der Waals surface area contributed by atoms with Gasteiger partial charge in [0.15, 0.2) is 6.61 Å². The minimum absolute atomic E-state index is 0.0917. The molecule has 0 saturated heterocycles. The lowest BCUT2D eigenvalue weighted by molar-refractivity contribution is -0.139. The molecule has 0 aliphatic heterocycles. The second-order valence-electron chi connectivity index (χ2n) is 5.81. The number of aryl methyl sites for hydroxylation is 3. The Kier molecular flexibility index (Phi) is 5.58. The highest BCUT2D eigenvalue weighted by molar-refractivity contribution is 5.93. The molecule has 2 N–H and O–H groups in total. The molecule has 5 heteroatoms. The highest BCUT2D eigenvalue weighted by Crippen LogP contribution is 2.22. The molecule has 0 aliphatic rings. The van der Waals surface area contributed by atoms with Gasteiger partial charge < -0.3 is 15.2 Å². The van der Waals surface area contributed by atoms with E-state index in [0.29, 0.717) is 17.9 Å². The van der Waals surface area contributed by atoms with Gasteiger partial charge >= 0.3 is 5.97 Å². The zero-order valence-corrected chi connectivity index (χ0v) is 14.1. The largest absolute Gasteiger partial charge is 0.482 e. The monoisotopic (exact) mass is 327 g/mol. The molecule has 2 aromatic carbocycles. The number of hydrogen-bond acceptors (Lipinski definition) is 3. The summed E-state index contributed by atoms with van der Waals surface area (Å²) in [5.74, 6) is -0.660. The fourth-order valence-corrected chi connectivity index (χ4v) is 2.37. The van der Waals surface area contributed by atoms with Crippen LogP contribution >= 0.6 is 0 Å². The van der Waals surface area contributed by atoms with Gasteiger partial charge in [0.05, 0.1) is 6.42 Å². The predicted octanol–water partition coefficient (Wildman–Crippen LogP) is 3.26. The summed E-state index contributed by atoms with van der Waals surface area (Å²) in [6.45, 7) is 5.43. The van der Waals surface area contributed by atoms with Crippen molar-refractivity contribution in [1.29, 1.82) is 0 Å². The first-order chi connectivity index (χ1) is 11.3. The molecule has 0 fully saturated rings. The number of hydrogen-bond donors (Lipinski definition) is 2. The molecular weight excluding hydrogens is 306 g/mol. The molecule has 0 saturated carbocycles. The highest BCUT2D eigenvalue weighted by Gasteiger charge is 2.09. The van der Waals surface area contributed by atoms with Crippen molar-refractivity contribution >= 4 is 17.6 Å². The van der Waals surface area contributed by atoms with Crippen LogP contribution in [0.5, 0.6) is 5.75 Å². The van der Waals surface area contributed by atoms with Crippen LogP contribution in [0.1, 0.15) is 22.3 Å². The van der Waals surface area contributed by atoms with Crippen LogP contribution in [-0.2, 0) is 16.0 Å². The molecule has 0 spiro atoms. The summed E-state index contributed by atoms with van der Waals surface area (Å²) in [5.41, 5.74) is 4.72. The average molecular weight is 327 g/mol. The van der Waals surface area contributed by atoms with E-state index in [9.17, 15) is 9.59 Å². The molecule has 2 aromatic rings. The first-order valence-electron chi connectivity index (χ1n) is 7.66. The third-order valence-corrected chi connectivity index (χ3v) is 3.69. The van der Waals surface area contributed by atoms with Crippen LogP contribution in [0.3, 0.4) is 0 Å². The van der Waals surface area contributed by atoms with Gasteiger partial charge in [0, 0.05) is 5.69 Å². The Bertz CT molecular complexity index is 768. The SMILES string of the molecule is Cc1ccc(C)c(CC(=O)Nc2ccc(OCC(=O)O)cc2C)c1. The average Bonchev–Trinajstić information content (AvgIpc) is 2.51. The Morgan fingerprint density at radius 3 is 2.46 bits per heavy atom. The second-order valence-corrected chi connectivity index (χ2v) is 5.81. The van der Waals surface area contributed by atoms with Crippen molar-refractivity contribution in [3.63, 3.8) is 0 Å².